The molecule has 1 aromatic carbocycles. The Hall–Kier alpha value is -2.29. The molecule has 1 saturated heterocycles. The minimum Gasteiger partial charge on any atom is -0.340 e. The molecule has 0 radical (unpaired) electrons. The van der Waals surface area contributed by atoms with E-state index in [1.807, 2.05) is 0 Å². The van der Waals surface area contributed by atoms with Crippen LogP contribution in [0.3, 0.4) is 0 Å². The maximum Gasteiger partial charge on any atom is 0.271 e. The van der Waals surface area contributed by atoms with Gasteiger partial charge in [0.1, 0.15) is 6.04 Å². The summed E-state index contributed by atoms with van der Waals surface area (Å²) in [6.07, 6.45) is 0.335. The topological polar surface area (TPSA) is 118 Å². The second-order valence-corrected chi connectivity index (χ2v) is 5.35. The van der Waals surface area contributed by atoms with Crippen molar-refractivity contribution in [3.8, 4) is 0 Å². The Morgan fingerprint density at radius 1 is 1.38 bits per heavy atom. The van der Waals surface area contributed by atoms with Crippen molar-refractivity contribution >= 4 is 39.3 Å². The van der Waals surface area contributed by atoms with Gasteiger partial charge in [-0.05, 0) is 12.5 Å². The number of imide groups is 1. The first-order chi connectivity index (χ1) is 9.86. The fourth-order valence-corrected chi connectivity index (χ4v) is 2.36. The number of nitro groups is 1. The molecule has 1 atom stereocenters. The van der Waals surface area contributed by atoms with E-state index in [0.717, 1.165) is 6.07 Å². The number of benzene rings is 1. The van der Waals surface area contributed by atoms with Gasteiger partial charge in [0.25, 0.3) is 11.6 Å². The van der Waals surface area contributed by atoms with Crippen molar-refractivity contribution in [1.82, 2.24) is 10.6 Å². The van der Waals surface area contributed by atoms with E-state index in [1.165, 1.54) is 12.1 Å². The number of hydrogen-bond donors (Lipinski definition) is 2. The summed E-state index contributed by atoms with van der Waals surface area (Å²) >= 11 is 3.09. The number of carbonyl (C=O) groups excluding carboxylic acids is 3. The predicted molar refractivity (Wildman–Crippen MR) is 74.4 cm³/mol. The van der Waals surface area contributed by atoms with Gasteiger partial charge in [-0.3, -0.25) is 29.8 Å². The molecular weight excluding hydrogens is 346 g/mol. The van der Waals surface area contributed by atoms with Crippen molar-refractivity contribution in [3.05, 3.63) is 38.3 Å². The van der Waals surface area contributed by atoms with Crippen LogP contribution in [0.1, 0.15) is 23.2 Å². The Labute approximate surface area is 127 Å². The van der Waals surface area contributed by atoms with Crippen molar-refractivity contribution in [2.45, 2.75) is 18.9 Å². The molecule has 2 rings (SSSR count). The Morgan fingerprint density at radius 2 is 2.10 bits per heavy atom. The summed E-state index contributed by atoms with van der Waals surface area (Å²) in [7, 11) is 0. The van der Waals surface area contributed by atoms with Crippen LogP contribution in [0.25, 0.3) is 0 Å². The molecule has 110 valence electrons. The molecule has 1 aliphatic rings. The van der Waals surface area contributed by atoms with Gasteiger partial charge >= 0.3 is 0 Å². The third-order valence-corrected chi connectivity index (χ3v) is 3.36. The summed E-state index contributed by atoms with van der Waals surface area (Å²) < 4.78 is 0.380. The number of piperidine rings is 1. The molecule has 21 heavy (non-hydrogen) atoms. The lowest BCUT2D eigenvalue weighted by Gasteiger charge is -2.21. The number of nitrogens with one attached hydrogen (secondary N) is 2. The van der Waals surface area contributed by atoms with Crippen LogP contribution in [0, 0.1) is 10.1 Å². The Bertz CT molecular complexity index is 646. The lowest BCUT2D eigenvalue weighted by Crippen LogP contribution is -2.52. The average Bonchev–Trinajstić information content (AvgIpc) is 2.41. The number of amides is 3. The van der Waals surface area contributed by atoms with E-state index >= 15 is 0 Å². The van der Waals surface area contributed by atoms with Gasteiger partial charge in [0.15, 0.2) is 0 Å². The van der Waals surface area contributed by atoms with Gasteiger partial charge in [-0.2, -0.15) is 0 Å². The molecule has 0 aromatic heterocycles. The van der Waals surface area contributed by atoms with Gasteiger partial charge in [-0.25, -0.2) is 0 Å². The lowest BCUT2D eigenvalue weighted by molar-refractivity contribution is -0.385. The third kappa shape index (κ3) is 3.63. The average molecular weight is 356 g/mol. The second kappa shape index (κ2) is 6.00. The van der Waals surface area contributed by atoms with Crippen molar-refractivity contribution in [3.63, 3.8) is 0 Å². The van der Waals surface area contributed by atoms with E-state index in [4.69, 9.17) is 0 Å². The van der Waals surface area contributed by atoms with Gasteiger partial charge in [-0.1, -0.05) is 15.9 Å². The highest BCUT2D eigenvalue weighted by atomic mass is 79.9. The van der Waals surface area contributed by atoms with Gasteiger partial charge in [0.2, 0.25) is 11.8 Å². The number of rotatable bonds is 3. The normalized spacial score (nSPS) is 18.0. The van der Waals surface area contributed by atoms with Crippen molar-refractivity contribution < 1.29 is 19.3 Å². The molecule has 1 unspecified atom stereocenters. The van der Waals surface area contributed by atoms with Crippen LogP contribution in [0.4, 0.5) is 5.69 Å². The Balaban J connectivity index is 2.15. The van der Waals surface area contributed by atoms with Crippen molar-refractivity contribution in [2.75, 3.05) is 0 Å². The summed E-state index contributed by atoms with van der Waals surface area (Å²) in [6, 6.07) is 2.97. The van der Waals surface area contributed by atoms with E-state index in [1.54, 1.807) is 0 Å². The van der Waals surface area contributed by atoms with Crippen LogP contribution in [0.5, 0.6) is 0 Å². The minimum absolute atomic E-state index is 0.0563. The molecule has 1 heterocycles. The number of hydrogen-bond acceptors (Lipinski definition) is 5. The molecule has 0 spiro atoms. The molecular formula is C12H10BrN3O5. The fourth-order valence-electron chi connectivity index (χ4n) is 1.88. The number of halogens is 1. The highest BCUT2D eigenvalue weighted by molar-refractivity contribution is 9.10. The summed E-state index contributed by atoms with van der Waals surface area (Å²) in [6.45, 7) is 0. The zero-order valence-electron chi connectivity index (χ0n) is 10.6. The van der Waals surface area contributed by atoms with E-state index < -0.39 is 22.8 Å². The lowest BCUT2D eigenvalue weighted by atomic mass is 10.1. The first-order valence-electron chi connectivity index (χ1n) is 5.96. The molecule has 9 heteroatoms. The summed E-state index contributed by atoms with van der Waals surface area (Å²) in [5.41, 5.74) is -0.182. The van der Waals surface area contributed by atoms with Crippen molar-refractivity contribution in [2.24, 2.45) is 0 Å². The van der Waals surface area contributed by atoms with Crippen LogP contribution in [0.2, 0.25) is 0 Å². The number of nitrogens with zero attached hydrogens (tertiary/aromatic N) is 1. The molecule has 0 aliphatic carbocycles. The van der Waals surface area contributed by atoms with Crippen LogP contribution < -0.4 is 10.6 Å². The zero-order valence-corrected chi connectivity index (χ0v) is 12.2. The molecule has 0 bridgehead atoms. The highest BCUT2D eigenvalue weighted by Gasteiger charge is 2.28. The van der Waals surface area contributed by atoms with Crippen LogP contribution >= 0.6 is 15.9 Å². The second-order valence-electron chi connectivity index (χ2n) is 4.43. The molecule has 8 nitrogen and oxygen atoms in total. The van der Waals surface area contributed by atoms with Crippen molar-refractivity contribution in [1.29, 1.82) is 0 Å². The van der Waals surface area contributed by atoms with Gasteiger partial charge in [0, 0.05) is 28.6 Å². The third-order valence-electron chi connectivity index (χ3n) is 2.90. The first kappa shape index (κ1) is 15.1. The highest BCUT2D eigenvalue weighted by Crippen LogP contribution is 2.21. The van der Waals surface area contributed by atoms with E-state index in [0.29, 0.717) is 4.47 Å². The maximum atomic E-state index is 12.0. The smallest absolute Gasteiger partial charge is 0.271 e. The maximum absolute atomic E-state index is 12.0. The van der Waals surface area contributed by atoms with Crippen LogP contribution in [-0.4, -0.2) is 28.7 Å². The summed E-state index contributed by atoms with van der Waals surface area (Å²) in [5.74, 6) is -1.58. The SMILES string of the molecule is O=C1CCC(NC(=O)c2cc(Br)cc([N+](=O)[O-])c2)C(=O)N1. The largest absolute Gasteiger partial charge is 0.340 e. The van der Waals surface area contributed by atoms with Gasteiger partial charge in [0.05, 0.1) is 4.92 Å². The fraction of sp³-hybridized carbons (Fsp3) is 0.250. The van der Waals surface area contributed by atoms with E-state index in [-0.39, 0.29) is 30.0 Å². The molecule has 3 amide bonds. The first-order valence-corrected chi connectivity index (χ1v) is 6.75. The molecule has 1 fully saturated rings. The Kier molecular flexibility index (Phi) is 4.32. The number of nitro benzene ring substituents is 1. The zero-order chi connectivity index (χ0) is 15.6. The number of carbonyl (C=O) groups is 3. The molecule has 1 aromatic rings. The molecule has 1 aliphatic heterocycles. The van der Waals surface area contributed by atoms with E-state index in [9.17, 15) is 24.5 Å². The van der Waals surface area contributed by atoms with E-state index in [2.05, 4.69) is 26.6 Å². The van der Waals surface area contributed by atoms with Crippen LogP contribution in [0.15, 0.2) is 22.7 Å². The summed E-state index contributed by atoms with van der Waals surface area (Å²) in [5, 5.41) is 15.3. The predicted octanol–water partition coefficient (Wildman–Crippen LogP) is 0.892. The molecule has 0 saturated carbocycles. The minimum atomic E-state index is -0.826. The van der Waals surface area contributed by atoms with Gasteiger partial charge in [-0.15, -0.1) is 0 Å². The summed E-state index contributed by atoms with van der Waals surface area (Å²) in [4.78, 5) is 44.8. The van der Waals surface area contributed by atoms with Crippen LogP contribution in [-0.2, 0) is 9.59 Å². The van der Waals surface area contributed by atoms with Gasteiger partial charge < -0.3 is 5.32 Å². The number of non-ortho nitro benzene ring substituents is 1. The monoisotopic (exact) mass is 355 g/mol. The quantitative estimate of drug-likeness (QED) is 0.474. The molecule has 2 N–H and O–H groups in total. The standard InChI is InChI=1S/C12H10BrN3O5/c13-7-3-6(4-8(5-7)16(20)21)11(18)14-9-1-2-10(17)15-12(9)19/h3-5,9H,1-2H2,(H,14,18)(H,15,17,19). The Morgan fingerprint density at radius 3 is 2.71 bits per heavy atom.